The Labute approximate surface area is 128 Å². The molecule has 20 heavy (non-hydrogen) atoms. The molecule has 6 heteroatoms. The number of aromatic nitrogens is 2. The Bertz CT molecular complexity index is 561. The molecule has 0 bridgehead atoms. The topological polar surface area (TPSA) is 47.0 Å². The molecule has 0 aliphatic carbocycles. The minimum atomic E-state index is 0.463. The highest BCUT2D eigenvalue weighted by Crippen LogP contribution is 2.17. The van der Waals surface area contributed by atoms with E-state index in [4.69, 9.17) is 27.9 Å². The van der Waals surface area contributed by atoms with Crippen molar-refractivity contribution in [1.82, 2.24) is 9.97 Å². The van der Waals surface area contributed by atoms with Gasteiger partial charge in [0, 0.05) is 17.1 Å². The van der Waals surface area contributed by atoms with Gasteiger partial charge < -0.3 is 10.1 Å². The van der Waals surface area contributed by atoms with Gasteiger partial charge in [-0.3, -0.25) is 0 Å². The molecule has 0 amide bonds. The van der Waals surface area contributed by atoms with E-state index >= 15 is 0 Å². The molecule has 4 nitrogen and oxygen atoms in total. The Morgan fingerprint density at radius 3 is 2.65 bits per heavy atom. The predicted molar refractivity (Wildman–Crippen MR) is 81.4 cm³/mol. The van der Waals surface area contributed by atoms with Crippen LogP contribution >= 0.6 is 23.2 Å². The average molecular weight is 312 g/mol. The van der Waals surface area contributed by atoms with E-state index in [1.807, 2.05) is 31.2 Å². The van der Waals surface area contributed by atoms with E-state index in [-0.39, 0.29) is 0 Å². The first-order valence-corrected chi connectivity index (χ1v) is 6.95. The Balaban J connectivity index is 1.71. The molecule has 0 radical (unpaired) electrons. The second kappa shape index (κ2) is 7.43. The second-order valence-electron chi connectivity index (χ2n) is 4.24. The van der Waals surface area contributed by atoms with Gasteiger partial charge in [0.15, 0.2) is 0 Å². The lowest BCUT2D eigenvalue weighted by molar-refractivity contribution is 0.130. The van der Waals surface area contributed by atoms with Crippen LogP contribution in [0.2, 0.25) is 10.2 Å². The number of nitrogens with one attached hydrogen (secondary N) is 1. The quantitative estimate of drug-likeness (QED) is 0.652. The van der Waals surface area contributed by atoms with Crippen LogP contribution in [0.3, 0.4) is 0 Å². The van der Waals surface area contributed by atoms with Crippen molar-refractivity contribution in [3.63, 3.8) is 0 Å². The van der Waals surface area contributed by atoms with Crippen LogP contribution in [0.25, 0.3) is 0 Å². The van der Waals surface area contributed by atoms with Crippen molar-refractivity contribution in [2.75, 3.05) is 18.5 Å². The number of benzene rings is 1. The molecule has 0 spiro atoms. The lowest BCUT2D eigenvalue weighted by Crippen LogP contribution is -2.11. The van der Waals surface area contributed by atoms with Gasteiger partial charge in [-0.05, 0) is 24.6 Å². The van der Waals surface area contributed by atoms with Crippen molar-refractivity contribution < 1.29 is 4.74 Å². The first kappa shape index (κ1) is 15.0. The maximum atomic E-state index is 5.91. The standard InChI is InChI=1S/C14H15Cl2N3O/c1-10-13(16)18-9-19-14(10)17-6-7-20-8-11-2-4-12(15)5-3-11/h2-5,9H,6-8H2,1H3,(H,17,18,19). The van der Waals surface area contributed by atoms with Crippen LogP contribution in [0.4, 0.5) is 5.82 Å². The van der Waals surface area contributed by atoms with Crippen molar-refractivity contribution in [2.45, 2.75) is 13.5 Å². The number of hydrogen-bond acceptors (Lipinski definition) is 4. The molecule has 2 aromatic rings. The molecule has 106 valence electrons. The number of rotatable bonds is 6. The fraction of sp³-hybridized carbons (Fsp3) is 0.286. The average Bonchev–Trinajstić information content (AvgIpc) is 2.45. The van der Waals surface area contributed by atoms with E-state index in [2.05, 4.69) is 15.3 Å². The molecule has 0 unspecified atom stereocenters. The predicted octanol–water partition coefficient (Wildman–Crippen LogP) is 3.72. The summed E-state index contributed by atoms with van der Waals surface area (Å²) in [6.45, 7) is 3.66. The number of halogens is 2. The summed E-state index contributed by atoms with van der Waals surface area (Å²) in [6, 6.07) is 7.60. The van der Waals surface area contributed by atoms with Gasteiger partial charge in [0.05, 0.1) is 13.2 Å². The number of anilines is 1. The van der Waals surface area contributed by atoms with Crippen molar-refractivity contribution in [3.8, 4) is 0 Å². The summed E-state index contributed by atoms with van der Waals surface area (Å²) < 4.78 is 5.57. The molecule has 0 fully saturated rings. The molecule has 1 aromatic heterocycles. The summed E-state index contributed by atoms with van der Waals surface area (Å²) in [7, 11) is 0. The van der Waals surface area contributed by atoms with Gasteiger partial charge in [0.2, 0.25) is 0 Å². The molecule has 0 atom stereocenters. The number of ether oxygens (including phenoxy) is 1. The summed E-state index contributed by atoms with van der Waals surface area (Å²) in [5, 5.41) is 4.36. The third-order valence-electron chi connectivity index (χ3n) is 2.74. The maximum Gasteiger partial charge on any atom is 0.137 e. The van der Waals surface area contributed by atoms with Crippen molar-refractivity contribution in [1.29, 1.82) is 0 Å². The summed E-state index contributed by atoms with van der Waals surface area (Å²) in [6.07, 6.45) is 1.44. The van der Waals surface area contributed by atoms with Gasteiger partial charge in [0.25, 0.3) is 0 Å². The summed E-state index contributed by atoms with van der Waals surface area (Å²) in [4.78, 5) is 8.03. The van der Waals surface area contributed by atoms with Gasteiger partial charge in [-0.1, -0.05) is 35.3 Å². The van der Waals surface area contributed by atoms with Gasteiger partial charge >= 0.3 is 0 Å². The summed E-state index contributed by atoms with van der Waals surface area (Å²) >= 11 is 11.7. The Morgan fingerprint density at radius 1 is 1.15 bits per heavy atom. The Morgan fingerprint density at radius 2 is 1.90 bits per heavy atom. The second-order valence-corrected chi connectivity index (χ2v) is 5.04. The zero-order chi connectivity index (χ0) is 14.4. The van der Waals surface area contributed by atoms with Crippen molar-refractivity contribution in [2.24, 2.45) is 0 Å². The fourth-order valence-electron chi connectivity index (χ4n) is 1.62. The minimum absolute atomic E-state index is 0.463. The highest BCUT2D eigenvalue weighted by atomic mass is 35.5. The van der Waals surface area contributed by atoms with Crippen LogP contribution in [-0.4, -0.2) is 23.1 Å². The van der Waals surface area contributed by atoms with Gasteiger partial charge in [-0.2, -0.15) is 0 Å². The van der Waals surface area contributed by atoms with E-state index in [1.54, 1.807) is 0 Å². The van der Waals surface area contributed by atoms with Crippen LogP contribution in [-0.2, 0) is 11.3 Å². The zero-order valence-corrected chi connectivity index (χ0v) is 12.6. The highest BCUT2D eigenvalue weighted by Gasteiger charge is 2.03. The van der Waals surface area contributed by atoms with E-state index in [0.717, 1.165) is 22.0 Å². The van der Waals surface area contributed by atoms with Crippen LogP contribution in [0.15, 0.2) is 30.6 Å². The lowest BCUT2D eigenvalue weighted by atomic mass is 10.2. The third kappa shape index (κ3) is 4.34. The van der Waals surface area contributed by atoms with Crippen LogP contribution in [0.1, 0.15) is 11.1 Å². The molecule has 1 N–H and O–H groups in total. The molecule has 0 saturated heterocycles. The van der Waals surface area contributed by atoms with Gasteiger partial charge in [-0.25, -0.2) is 9.97 Å². The third-order valence-corrected chi connectivity index (χ3v) is 3.38. The Hall–Kier alpha value is -1.36. The van der Waals surface area contributed by atoms with E-state index in [0.29, 0.717) is 24.9 Å². The van der Waals surface area contributed by atoms with Crippen LogP contribution in [0, 0.1) is 6.92 Å². The lowest BCUT2D eigenvalue weighted by Gasteiger charge is -2.09. The highest BCUT2D eigenvalue weighted by molar-refractivity contribution is 6.30. The molecule has 0 aliphatic rings. The SMILES string of the molecule is Cc1c(Cl)ncnc1NCCOCc1ccc(Cl)cc1. The molecule has 1 aromatic carbocycles. The molecule has 0 saturated carbocycles. The molecule has 1 heterocycles. The first-order valence-electron chi connectivity index (χ1n) is 6.20. The van der Waals surface area contributed by atoms with Crippen LogP contribution < -0.4 is 5.32 Å². The van der Waals surface area contributed by atoms with Gasteiger partial charge in [0.1, 0.15) is 17.3 Å². The number of nitrogens with zero attached hydrogens (tertiary/aromatic N) is 2. The zero-order valence-electron chi connectivity index (χ0n) is 11.1. The molecular formula is C14H15Cl2N3O. The van der Waals surface area contributed by atoms with Gasteiger partial charge in [-0.15, -0.1) is 0 Å². The molecule has 0 aliphatic heterocycles. The van der Waals surface area contributed by atoms with E-state index < -0.39 is 0 Å². The largest absolute Gasteiger partial charge is 0.375 e. The Kier molecular flexibility index (Phi) is 5.59. The monoisotopic (exact) mass is 311 g/mol. The van der Waals surface area contributed by atoms with E-state index in [1.165, 1.54) is 6.33 Å². The molecule has 2 rings (SSSR count). The molecular weight excluding hydrogens is 297 g/mol. The summed E-state index contributed by atoms with van der Waals surface area (Å²) in [5.74, 6) is 0.736. The normalized spacial score (nSPS) is 10.6. The smallest absolute Gasteiger partial charge is 0.137 e. The van der Waals surface area contributed by atoms with Crippen LogP contribution in [0.5, 0.6) is 0 Å². The number of hydrogen-bond donors (Lipinski definition) is 1. The van der Waals surface area contributed by atoms with Crippen molar-refractivity contribution in [3.05, 3.63) is 51.9 Å². The fourth-order valence-corrected chi connectivity index (χ4v) is 1.88. The summed E-state index contributed by atoms with van der Waals surface area (Å²) in [5.41, 5.74) is 1.93. The minimum Gasteiger partial charge on any atom is -0.375 e. The van der Waals surface area contributed by atoms with Crippen molar-refractivity contribution >= 4 is 29.0 Å². The maximum absolute atomic E-state index is 5.91. The first-order chi connectivity index (χ1) is 9.66. The van der Waals surface area contributed by atoms with E-state index in [9.17, 15) is 0 Å².